The zero-order valence-electron chi connectivity index (χ0n) is 18.1. The molecule has 13 heteroatoms. The fraction of sp³-hybridized carbons (Fsp3) is 0.227. The summed E-state index contributed by atoms with van der Waals surface area (Å²) in [5.74, 6) is 0.145. The Kier molecular flexibility index (Phi) is 8.98. The SMILES string of the molecule is C=CCn1c(SCC(=O)Nc2cc(C(F)(F)F)ccc2Cl)nnc1C(C)Oc1ccc(Cl)cc1Cl. The van der Waals surface area contributed by atoms with Gasteiger partial charge in [0.1, 0.15) is 5.75 Å². The second kappa shape index (κ2) is 11.6. The van der Waals surface area contributed by atoms with E-state index in [2.05, 4.69) is 22.1 Å². The van der Waals surface area contributed by atoms with E-state index in [1.54, 1.807) is 35.8 Å². The smallest absolute Gasteiger partial charge is 0.416 e. The van der Waals surface area contributed by atoms with Crippen molar-refractivity contribution >= 4 is 58.2 Å². The van der Waals surface area contributed by atoms with E-state index in [0.29, 0.717) is 33.3 Å². The van der Waals surface area contributed by atoms with Gasteiger partial charge in [0.25, 0.3) is 0 Å². The zero-order chi connectivity index (χ0) is 25.8. The van der Waals surface area contributed by atoms with E-state index in [-0.39, 0.29) is 16.5 Å². The molecule has 0 aliphatic heterocycles. The van der Waals surface area contributed by atoms with Gasteiger partial charge in [-0.25, -0.2) is 0 Å². The van der Waals surface area contributed by atoms with Gasteiger partial charge in [-0.3, -0.25) is 9.36 Å². The van der Waals surface area contributed by atoms with Crippen molar-refractivity contribution in [1.82, 2.24) is 14.8 Å². The average Bonchev–Trinajstić information content (AvgIpc) is 3.18. The van der Waals surface area contributed by atoms with Gasteiger partial charge in [0.2, 0.25) is 5.91 Å². The molecular weight excluding hydrogens is 548 g/mol. The van der Waals surface area contributed by atoms with Crippen LogP contribution >= 0.6 is 46.6 Å². The lowest BCUT2D eigenvalue weighted by molar-refractivity contribution is -0.137. The van der Waals surface area contributed by atoms with Crippen LogP contribution in [0, 0.1) is 0 Å². The van der Waals surface area contributed by atoms with Crippen LogP contribution in [0.15, 0.2) is 54.2 Å². The minimum absolute atomic E-state index is 0.0136. The summed E-state index contributed by atoms with van der Waals surface area (Å²) in [5, 5.41) is 11.9. The largest absolute Gasteiger partial charge is 0.481 e. The molecule has 0 radical (unpaired) electrons. The molecule has 0 spiro atoms. The number of allylic oxidation sites excluding steroid dienone is 1. The number of amides is 1. The number of hydrogen-bond donors (Lipinski definition) is 1. The van der Waals surface area contributed by atoms with E-state index in [0.717, 1.165) is 30.0 Å². The third-order valence-electron chi connectivity index (χ3n) is 4.52. The van der Waals surface area contributed by atoms with Crippen LogP contribution < -0.4 is 10.1 Å². The van der Waals surface area contributed by atoms with Gasteiger partial charge in [0.05, 0.1) is 27.0 Å². The first-order valence-electron chi connectivity index (χ1n) is 9.94. The number of aromatic nitrogens is 3. The number of alkyl halides is 3. The van der Waals surface area contributed by atoms with Gasteiger partial charge in [-0.1, -0.05) is 52.6 Å². The Morgan fingerprint density at radius 1 is 1.20 bits per heavy atom. The third-order valence-corrected chi connectivity index (χ3v) is 6.35. The standard InChI is InChI=1S/C22H18Cl3F3N4O2S/c1-3-8-32-20(12(2)34-18-7-5-14(23)10-16(18)25)30-31-21(32)35-11-19(33)29-17-9-13(22(26,27)28)4-6-15(17)24/h3-7,9-10,12H,1,8,11H2,2H3,(H,29,33). The Hall–Kier alpha value is -2.40. The lowest BCUT2D eigenvalue weighted by atomic mass is 10.2. The van der Waals surface area contributed by atoms with Crippen molar-refractivity contribution in [2.24, 2.45) is 0 Å². The molecule has 1 atom stereocenters. The first-order valence-corrected chi connectivity index (χ1v) is 12.1. The minimum Gasteiger partial charge on any atom is -0.481 e. The normalized spacial score (nSPS) is 12.3. The summed E-state index contributed by atoms with van der Waals surface area (Å²) < 4.78 is 46.5. The summed E-state index contributed by atoms with van der Waals surface area (Å²) in [7, 11) is 0. The summed E-state index contributed by atoms with van der Waals surface area (Å²) in [6.45, 7) is 5.81. The molecular formula is C22H18Cl3F3N4O2S. The molecule has 1 heterocycles. The minimum atomic E-state index is -4.56. The maximum Gasteiger partial charge on any atom is 0.416 e. The summed E-state index contributed by atoms with van der Waals surface area (Å²) >= 11 is 19.1. The Labute approximate surface area is 218 Å². The molecule has 3 rings (SSSR count). The summed E-state index contributed by atoms with van der Waals surface area (Å²) in [6.07, 6.45) is -3.50. The van der Waals surface area contributed by atoms with Crippen molar-refractivity contribution < 1.29 is 22.7 Å². The van der Waals surface area contributed by atoms with Crippen LogP contribution in [0.5, 0.6) is 5.75 Å². The van der Waals surface area contributed by atoms with E-state index in [4.69, 9.17) is 39.5 Å². The summed E-state index contributed by atoms with van der Waals surface area (Å²) in [6, 6.07) is 7.52. The van der Waals surface area contributed by atoms with Crippen molar-refractivity contribution in [3.63, 3.8) is 0 Å². The number of carbonyl (C=O) groups excluding carboxylic acids is 1. The lowest BCUT2D eigenvalue weighted by Gasteiger charge is -2.16. The number of halogens is 6. The number of carbonyl (C=O) groups is 1. The summed E-state index contributed by atoms with van der Waals surface area (Å²) in [5.41, 5.74) is -1.06. The maximum atomic E-state index is 13.0. The second-order valence-corrected chi connectivity index (χ2v) is 9.30. The molecule has 6 nitrogen and oxygen atoms in total. The Bertz CT molecular complexity index is 1240. The molecule has 0 fully saturated rings. The molecule has 0 aliphatic carbocycles. The Morgan fingerprint density at radius 2 is 1.94 bits per heavy atom. The fourth-order valence-corrected chi connectivity index (χ4v) is 4.31. The number of hydrogen-bond acceptors (Lipinski definition) is 5. The summed E-state index contributed by atoms with van der Waals surface area (Å²) in [4.78, 5) is 12.4. The zero-order valence-corrected chi connectivity index (χ0v) is 21.2. The van der Waals surface area contributed by atoms with Gasteiger partial charge >= 0.3 is 6.18 Å². The van der Waals surface area contributed by atoms with Crippen LogP contribution in [0.3, 0.4) is 0 Å². The molecule has 2 aromatic carbocycles. The highest BCUT2D eigenvalue weighted by Crippen LogP contribution is 2.34. The molecule has 0 saturated carbocycles. The highest BCUT2D eigenvalue weighted by Gasteiger charge is 2.31. The van der Waals surface area contributed by atoms with E-state index in [9.17, 15) is 18.0 Å². The van der Waals surface area contributed by atoms with Crippen molar-refractivity contribution in [3.8, 4) is 5.75 Å². The van der Waals surface area contributed by atoms with Gasteiger partial charge in [-0.05, 0) is 43.3 Å². The molecule has 35 heavy (non-hydrogen) atoms. The van der Waals surface area contributed by atoms with E-state index < -0.39 is 23.8 Å². The van der Waals surface area contributed by atoms with Crippen molar-refractivity contribution in [3.05, 3.63) is 75.5 Å². The molecule has 1 N–H and O–H groups in total. The van der Waals surface area contributed by atoms with Gasteiger partial charge < -0.3 is 10.1 Å². The van der Waals surface area contributed by atoms with Crippen molar-refractivity contribution in [1.29, 1.82) is 0 Å². The molecule has 186 valence electrons. The Balaban J connectivity index is 1.71. The van der Waals surface area contributed by atoms with Gasteiger partial charge in [-0.15, -0.1) is 16.8 Å². The number of nitrogens with one attached hydrogen (secondary N) is 1. The van der Waals surface area contributed by atoms with Crippen LogP contribution in [0.4, 0.5) is 18.9 Å². The quantitative estimate of drug-likeness (QED) is 0.218. The highest BCUT2D eigenvalue weighted by atomic mass is 35.5. The predicted molar refractivity (Wildman–Crippen MR) is 132 cm³/mol. The number of nitrogens with zero attached hydrogens (tertiary/aromatic N) is 3. The van der Waals surface area contributed by atoms with Gasteiger partial charge in [0, 0.05) is 11.6 Å². The lowest BCUT2D eigenvalue weighted by Crippen LogP contribution is -2.16. The topological polar surface area (TPSA) is 69.0 Å². The van der Waals surface area contributed by atoms with Crippen LogP contribution in [-0.4, -0.2) is 26.4 Å². The fourth-order valence-electron chi connectivity index (χ4n) is 2.94. The van der Waals surface area contributed by atoms with Gasteiger partial charge in [0.15, 0.2) is 17.1 Å². The van der Waals surface area contributed by atoms with Gasteiger partial charge in [-0.2, -0.15) is 13.2 Å². The average molecular weight is 566 g/mol. The molecule has 1 aromatic heterocycles. The second-order valence-electron chi connectivity index (χ2n) is 7.10. The third kappa shape index (κ3) is 7.07. The molecule has 0 saturated heterocycles. The first-order chi connectivity index (χ1) is 16.5. The first kappa shape index (κ1) is 27.2. The van der Waals surface area contributed by atoms with Crippen LogP contribution in [0.2, 0.25) is 15.1 Å². The maximum absolute atomic E-state index is 13.0. The molecule has 0 aliphatic rings. The molecule has 1 unspecified atom stereocenters. The predicted octanol–water partition coefficient (Wildman–Crippen LogP) is 7.31. The van der Waals surface area contributed by atoms with E-state index >= 15 is 0 Å². The number of rotatable bonds is 9. The number of ether oxygens (including phenoxy) is 1. The molecule has 3 aromatic rings. The molecule has 1 amide bonds. The highest BCUT2D eigenvalue weighted by molar-refractivity contribution is 7.99. The monoisotopic (exact) mass is 564 g/mol. The number of thioether (sulfide) groups is 1. The Morgan fingerprint density at radius 3 is 2.60 bits per heavy atom. The van der Waals surface area contributed by atoms with Crippen molar-refractivity contribution in [2.45, 2.75) is 30.9 Å². The van der Waals surface area contributed by atoms with Crippen LogP contribution in [-0.2, 0) is 17.5 Å². The van der Waals surface area contributed by atoms with Crippen molar-refractivity contribution in [2.75, 3.05) is 11.1 Å². The van der Waals surface area contributed by atoms with Crippen LogP contribution in [0.25, 0.3) is 0 Å². The number of anilines is 1. The number of benzene rings is 2. The van der Waals surface area contributed by atoms with E-state index in [1.165, 1.54) is 0 Å². The molecule has 0 bridgehead atoms. The van der Waals surface area contributed by atoms with E-state index in [1.807, 2.05) is 0 Å². The van der Waals surface area contributed by atoms with Crippen LogP contribution in [0.1, 0.15) is 24.4 Å².